The summed E-state index contributed by atoms with van der Waals surface area (Å²) in [5, 5.41) is 5.73. The number of para-hydroxylation sites is 1. The second-order valence-electron chi connectivity index (χ2n) is 5.15. The van der Waals surface area contributed by atoms with E-state index in [1.165, 1.54) is 0 Å². The zero-order chi connectivity index (χ0) is 15.4. The molecule has 0 fully saturated rings. The van der Waals surface area contributed by atoms with E-state index in [9.17, 15) is 4.79 Å². The molecular weight excluding hydrogens is 280 g/mol. The molecule has 0 unspecified atom stereocenters. The highest BCUT2D eigenvalue weighted by Crippen LogP contribution is 2.24. The number of hydrogen-bond acceptors (Lipinski definition) is 3. The van der Waals surface area contributed by atoms with E-state index in [2.05, 4.69) is 10.6 Å². The summed E-state index contributed by atoms with van der Waals surface area (Å²) >= 11 is 0. The molecule has 0 bridgehead atoms. The zero-order valence-corrected chi connectivity index (χ0v) is 12.3. The minimum Gasteiger partial charge on any atom is -0.497 e. The molecule has 22 heavy (non-hydrogen) atoms. The summed E-state index contributed by atoms with van der Waals surface area (Å²) in [4.78, 5) is 12.1. The van der Waals surface area contributed by atoms with Crippen LogP contribution in [0.1, 0.15) is 5.56 Å². The minimum absolute atomic E-state index is 0.0412. The molecule has 1 heterocycles. The standard InChI is InChI=1S/C17H18N2O3/c1-21-15-7-4-6-13(10-15)18-17(20)19-14-9-12-5-2-3-8-16(12)22-11-14/h2-8,10,14H,9,11H2,1H3,(H2,18,19,20)/t14-/m0/s1. The highest BCUT2D eigenvalue weighted by Gasteiger charge is 2.20. The largest absolute Gasteiger partial charge is 0.497 e. The maximum atomic E-state index is 12.1. The van der Waals surface area contributed by atoms with E-state index in [0.29, 0.717) is 18.0 Å². The van der Waals surface area contributed by atoms with Crippen LogP contribution in [0.25, 0.3) is 0 Å². The summed E-state index contributed by atoms with van der Waals surface area (Å²) in [6.45, 7) is 0.475. The van der Waals surface area contributed by atoms with Crippen LogP contribution in [0.2, 0.25) is 0 Å². The van der Waals surface area contributed by atoms with Crippen molar-refractivity contribution in [1.29, 1.82) is 0 Å². The van der Waals surface area contributed by atoms with Gasteiger partial charge in [0.15, 0.2) is 0 Å². The lowest BCUT2D eigenvalue weighted by atomic mass is 10.0. The average Bonchev–Trinajstić information content (AvgIpc) is 2.55. The fourth-order valence-corrected chi connectivity index (χ4v) is 2.47. The Morgan fingerprint density at radius 2 is 2.09 bits per heavy atom. The Kier molecular flexibility index (Phi) is 4.14. The third kappa shape index (κ3) is 3.31. The van der Waals surface area contributed by atoms with Gasteiger partial charge in [-0.05, 0) is 30.2 Å². The third-order valence-electron chi connectivity index (χ3n) is 3.54. The number of fused-ring (bicyclic) bond motifs is 1. The lowest BCUT2D eigenvalue weighted by molar-refractivity contribution is 0.222. The summed E-state index contributed by atoms with van der Waals surface area (Å²) in [5.41, 5.74) is 1.80. The molecule has 2 N–H and O–H groups in total. The van der Waals surface area contributed by atoms with Gasteiger partial charge in [0.1, 0.15) is 18.1 Å². The highest BCUT2D eigenvalue weighted by molar-refractivity contribution is 5.89. The number of carbonyl (C=O) groups is 1. The number of amides is 2. The average molecular weight is 298 g/mol. The van der Waals surface area contributed by atoms with Crippen molar-refractivity contribution in [3.8, 4) is 11.5 Å². The fraction of sp³-hybridized carbons (Fsp3) is 0.235. The van der Waals surface area contributed by atoms with Crippen LogP contribution in [0.3, 0.4) is 0 Å². The molecule has 0 aromatic heterocycles. The molecule has 0 saturated carbocycles. The van der Waals surface area contributed by atoms with E-state index in [0.717, 1.165) is 17.7 Å². The van der Waals surface area contributed by atoms with Gasteiger partial charge in [-0.25, -0.2) is 4.79 Å². The van der Waals surface area contributed by atoms with Crippen molar-refractivity contribution in [3.63, 3.8) is 0 Å². The van der Waals surface area contributed by atoms with E-state index < -0.39 is 0 Å². The number of methoxy groups -OCH3 is 1. The van der Waals surface area contributed by atoms with Crippen molar-refractivity contribution in [2.24, 2.45) is 0 Å². The van der Waals surface area contributed by atoms with Crippen molar-refractivity contribution in [1.82, 2.24) is 5.32 Å². The zero-order valence-electron chi connectivity index (χ0n) is 12.3. The molecule has 2 amide bonds. The first-order valence-electron chi connectivity index (χ1n) is 7.17. The van der Waals surface area contributed by atoms with Gasteiger partial charge in [0.25, 0.3) is 0 Å². The quantitative estimate of drug-likeness (QED) is 0.916. The monoisotopic (exact) mass is 298 g/mol. The molecule has 1 atom stereocenters. The Labute approximate surface area is 129 Å². The predicted octanol–water partition coefficient (Wildman–Crippen LogP) is 2.82. The fourth-order valence-electron chi connectivity index (χ4n) is 2.47. The van der Waals surface area contributed by atoms with Gasteiger partial charge in [-0.15, -0.1) is 0 Å². The molecular formula is C17H18N2O3. The molecule has 0 saturated heterocycles. The number of carbonyl (C=O) groups excluding carboxylic acids is 1. The number of urea groups is 1. The van der Waals surface area contributed by atoms with Crippen molar-refractivity contribution >= 4 is 11.7 Å². The van der Waals surface area contributed by atoms with E-state index in [-0.39, 0.29) is 12.1 Å². The molecule has 1 aliphatic rings. The maximum Gasteiger partial charge on any atom is 0.319 e. The van der Waals surface area contributed by atoms with Gasteiger partial charge in [-0.1, -0.05) is 24.3 Å². The maximum absolute atomic E-state index is 12.1. The van der Waals surface area contributed by atoms with Gasteiger partial charge in [-0.2, -0.15) is 0 Å². The number of ether oxygens (including phenoxy) is 2. The molecule has 1 aliphatic heterocycles. The van der Waals surface area contributed by atoms with Crippen LogP contribution >= 0.6 is 0 Å². The Morgan fingerprint density at radius 1 is 1.23 bits per heavy atom. The first kappa shape index (κ1) is 14.3. The summed E-state index contributed by atoms with van der Waals surface area (Å²) < 4.78 is 10.8. The van der Waals surface area contributed by atoms with Crippen molar-refractivity contribution in [3.05, 3.63) is 54.1 Å². The second-order valence-corrected chi connectivity index (χ2v) is 5.15. The summed E-state index contributed by atoms with van der Waals surface area (Å²) in [6.07, 6.45) is 0.766. The molecule has 0 spiro atoms. The van der Waals surface area contributed by atoms with Gasteiger partial charge in [-0.3, -0.25) is 0 Å². The SMILES string of the molecule is COc1cccc(NC(=O)N[C@@H]2COc3ccccc3C2)c1. The van der Waals surface area contributed by atoms with Gasteiger partial charge >= 0.3 is 6.03 Å². The second kappa shape index (κ2) is 6.39. The summed E-state index contributed by atoms with van der Waals surface area (Å²) in [7, 11) is 1.59. The van der Waals surface area contributed by atoms with Crippen LogP contribution in [0, 0.1) is 0 Å². The van der Waals surface area contributed by atoms with Gasteiger partial charge in [0.05, 0.1) is 13.2 Å². The molecule has 114 valence electrons. The van der Waals surface area contributed by atoms with Crippen molar-refractivity contribution in [2.75, 3.05) is 19.0 Å². The lowest BCUT2D eigenvalue weighted by Crippen LogP contribution is -2.44. The first-order chi connectivity index (χ1) is 10.7. The topological polar surface area (TPSA) is 59.6 Å². The van der Waals surface area contributed by atoms with E-state index in [1.54, 1.807) is 13.2 Å². The number of hydrogen-bond donors (Lipinski definition) is 2. The number of rotatable bonds is 3. The highest BCUT2D eigenvalue weighted by atomic mass is 16.5. The Morgan fingerprint density at radius 3 is 2.95 bits per heavy atom. The number of anilines is 1. The van der Waals surface area contributed by atoms with Crippen LogP contribution < -0.4 is 20.1 Å². The van der Waals surface area contributed by atoms with Crippen molar-refractivity contribution < 1.29 is 14.3 Å². The molecule has 0 aliphatic carbocycles. The number of nitrogens with one attached hydrogen (secondary N) is 2. The Bertz CT molecular complexity index is 672. The van der Waals surface area contributed by atoms with E-state index in [4.69, 9.17) is 9.47 Å². The Balaban J connectivity index is 1.58. The third-order valence-corrected chi connectivity index (χ3v) is 3.54. The van der Waals surface area contributed by atoms with Gasteiger partial charge in [0, 0.05) is 11.8 Å². The van der Waals surface area contributed by atoms with Crippen LogP contribution in [0.5, 0.6) is 11.5 Å². The molecule has 0 radical (unpaired) electrons. The molecule has 2 aromatic carbocycles. The predicted molar refractivity (Wildman–Crippen MR) is 84.6 cm³/mol. The lowest BCUT2D eigenvalue weighted by Gasteiger charge is -2.26. The summed E-state index contributed by atoms with van der Waals surface area (Å²) in [5.74, 6) is 1.60. The molecule has 3 rings (SSSR count). The van der Waals surface area contributed by atoms with E-state index >= 15 is 0 Å². The molecule has 5 heteroatoms. The first-order valence-corrected chi connectivity index (χ1v) is 7.17. The smallest absolute Gasteiger partial charge is 0.319 e. The normalized spacial score (nSPS) is 16.1. The Hall–Kier alpha value is -2.69. The molecule has 2 aromatic rings. The summed E-state index contributed by atoms with van der Waals surface area (Å²) in [6, 6.07) is 14.8. The molecule has 5 nitrogen and oxygen atoms in total. The van der Waals surface area contributed by atoms with Crippen molar-refractivity contribution in [2.45, 2.75) is 12.5 Å². The van der Waals surface area contributed by atoms with Crippen LogP contribution in [0.15, 0.2) is 48.5 Å². The van der Waals surface area contributed by atoms with Gasteiger partial charge in [0.2, 0.25) is 0 Å². The van der Waals surface area contributed by atoms with Crippen LogP contribution in [0.4, 0.5) is 10.5 Å². The van der Waals surface area contributed by atoms with Crippen LogP contribution in [-0.4, -0.2) is 25.8 Å². The number of benzene rings is 2. The van der Waals surface area contributed by atoms with Gasteiger partial charge < -0.3 is 20.1 Å². The van der Waals surface area contributed by atoms with Crippen LogP contribution in [-0.2, 0) is 6.42 Å². The van der Waals surface area contributed by atoms with E-state index in [1.807, 2.05) is 42.5 Å². The minimum atomic E-state index is -0.249.